The van der Waals surface area contributed by atoms with Crippen molar-refractivity contribution >= 4 is 0 Å². The van der Waals surface area contributed by atoms with Gasteiger partial charge in [0, 0.05) is 11.6 Å². The van der Waals surface area contributed by atoms with Crippen molar-refractivity contribution in [2.24, 2.45) is 11.7 Å². The minimum absolute atomic E-state index is 0.0980. The molecule has 1 aromatic carbocycles. The summed E-state index contributed by atoms with van der Waals surface area (Å²) in [5.41, 5.74) is 6.13. The summed E-state index contributed by atoms with van der Waals surface area (Å²) in [6, 6.07) is 1.67. The molecule has 1 unspecified atom stereocenters. The Kier molecular flexibility index (Phi) is 4.27. The van der Waals surface area contributed by atoms with Crippen LogP contribution in [0.25, 0.3) is 0 Å². The molecule has 0 heterocycles. The van der Waals surface area contributed by atoms with E-state index < -0.39 is 23.5 Å². The quantitative estimate of drug-likeness (QED) is 0.627. The molecule has 1 nitrogen and oxygen atoms in total. The Morgan fingerprint density at radius 1 is 0.944 bits per heavy atom. The van der Waals surface area contributed by atoms with Crippen LogP contribution in [0.2, 0.25) is 0 Å². The van der Waals surface area contributed by atoms with Gasteiger partial charge in [-0.15, -0.1) is 0 Å². The lowest BCUT2D eigenvalue weighted by Gasteiger charge is -2.23. The van der Waals surface area contributed by atoms with Gasteiger partial charge in [-0.3, -0.25) is 0 Å². The molecule has 0 saturated heterocycles. The molecule has 0 aromatic heterocycles. The third-order valence-corrected chi connectivity index (χ3v) is 3.83. The zero-order valence-corrected chi connectivity index (χ0v) is 10.3. The van der Waals surface area contributed by atoms with Gasteiger partial charge >= 0.3 is 0 Å². The van der Waals surface area contributed by atoms with Crippen LogP contribution >= 0.6 is 0 Å². The van der Waals surface area contributed by atoms with Crippen molar-refractivity contribution in [3.8, 4) is 0 Å². The Morgan fingerprint density at radius 2 is 1.56 bits per heavy atom. The predicted molar refractivity (Wildman–Crippen MR) is 64.4 cm³/mol. The molecule has 2 N–H and O–H groups in total. The van der Waals surface area contributed by atoms with Gasteiger partial charge in [-0.25, -0.2) is 13.2 Å². The van der Waals surface area contributed by atoms with Gasteiger partial charge in [0.05, 0.1) is 0 Å². The maximum atomic E-state index is 13.7. The van der Waals surface area contributed by atoms with Crippen LogP contribution < -0.4 is 5.73 Å². The molecule has 0 radical (unpaired) electrons. The maximum absolute atomic E-state index is 13.7. The Hall–Kier alpha value is -1.03. The standard InChI is InChI=1S/C14H18F3N/c15-11-8-7-10(12(16)13(11)17)14(18)9-5-3-1-2-4-6-9/h7-9,14H,1-6,18H2. The Labute approximate surface area is 105 Å². The van der Waals surface area contributed by atoms with Gasteiger partial charge in [-0.1, -0.05) is 31.7 Å². The van der Waals surface area contributed by atoms with Crippen LogP contribution in [0, 0.1) is 23.4 Å². The van der Waals surface area contributed by atoms with Crippen LogP contribution in [0.1, 0.15) is 50.1 Å². The molecule has 100 valence electrons. The zero-order valence-electron chi connectivity index (χ0n) is 10.3. The third-order valence-electron chi connectivity index (χ3n) is 3.83. The second kappa shape index (κ2) is 5.74. The van der Waals surface area contributed by atoms with Crippen LogP contribution in [0.3, 0.4) is 0 Å². The highest BCUT2D eigenvalue weighted by atomic mass is 19.2. The van der Waals surface area contributed by atoms with E-state index in [2.05, 4.69) is 0 Å². The van der Waals surface area contributed by atoms with E-state index in [0.717, 1.165) is 31.7 Å². The maximum Gasteiger partial charge on any atom is 0.194 e. The van der Waals surface area contributed by atoms with Crippen molar-refractivity contribution in [3.63, 3.8) is 0 Å². The van der Waals surface area contributed by atoms with Gasteiger partial charge in [0.2, 0.25) is 0 Å². The second-order valence-corrected chi connectivity index (χ2v) is 5.04. The predicted octanol–water partition coefficient (Wildman–Crippen LogP) is 4.07. The van der Waals surface area contributed by atoms with Gasteiger partial charge < -0.3 is 5.73 Å². The Balaban J connectivity index is 2.22. The van der Waals surface area contributed by atoms with Crippen molar-refractivity contribution < 1.29 is 13.2 Å². The van der Waals surface area contributed by atoms with E-state index >= 15 is 0 Å². The number of rotatable bonds is 2. The van der Waals surface area contributed by atoms with Crippen LogP contribution in [-0.2, 0) is 0 Å². The summed E-state index contributed by atoms with van der Waals surface area (Å²) in [5, 5.41) is 0. The van der Waals surface area contributed by atoms with E-state index in [1.165, 1.54) is 18.9 Å². The summed E-state index contributed by atoms with van der Waals surface area (Å²) in [6.45, 7) is 0. The topological polar surface area (TPSA) is 26.0 Å². The fraction of sp³-hybridized carbons (Fsp3) is 0.571. The molecular weight excluding hydrogens is 239 g/mol. The van der Waals surface area contributed by atoms with Crippen molar-refractivity contribution in [2.75, 3.05) is 0 Å². The summed E-state index contributed by atoms with van der Waals surface area (Å²) in [7, 11) is 0. The summed E-state index contributed by atoms with van der Waals surface area (Å²) >= 11 is 0. The molecule has 1 aliphatic carbocycles. The van der Waals surface area contributed by atoms with Crippen LogP contribution in [0.15, 0.2) is 12.1 Å². The van der Waals surface area contributed by atoms with Crippen LogP contribution in [0.4, 0.5) is 13.2 Å². The molecule has 0 spiro atoms. The minimum Gasteiger partial charge on any atom is -0.324 e. The SMILES string of the molecule is NC(c1ccc(F)c(F)c1F)C1CCCCCC1. The molecule has 0 bridgehead atoms. The molecule has 18 heavy (non-hydrogen) atoms. The number of hydrogen-bond acceptors (Lipinski definition) is 1. The average Bonchev–Trinajstić information content (AvgIpc) is 2.64. The molecule has 1 atom stereocenters. The lowest BCUT2D eigenvalue weighted by molar-refractivity contribution is 0.362. The molecule has 1 saturated carbocycles. The molecular formula is C14H18F3N. The first-order valence-electron chi connectivity index (χ1n) is 6.50. The van der Waals surface area contributed by atoms with Crippen LogP contribution in [-0.4, -0.2) is 0 Å². The highest BCUT2D eigenvalue weighted by Crippen LogP contribution is 2.33. The van der Waals surface area contributed by atoms with Gasteiger partial charge in [-0.05, 0) is 24.8 Å². The number of halogens is 3. The summed E-state index contributed by atoms with van der Waals surface area (Å²) in [4.78, 5) is 0. The zero-order chi connectivity index (χ0) is 13.1. The van der Waals surface area contributed by atoms with Gasteiger partial charge in [0.15, 0.2) is 17.5 Å². The second-order valence-electron chi connectivity index (χ2n) is 5.04. The molecule has 0 aliphatic heterocycles. The van der Waals surface area contributed by atoms with E-state index in [1.807, 2.05) is 0 Å². The lowest BCUT2D eigenvalue weighted by Crippen LogP contribution is -2.23. The van der Waals surface area contributed by atoms with Crippen molar-refractivity contribution in [2.45, 2.75) is 44.6 Å². The largest absolute Gasteiger partial charge is 0.324 e. The van der Waals surface area contributed by atoms with Crippen molar-refractivity contribution in [1.29, 1.82) is 0 Å². The molecule has 1 fully saturated rings. The lowest BCUT2D eigenvalue weighted by atomic mass is 9.87. The normalized spacial score (nSPS) is 19.6. The smallest absolute Gasteiger partial charge is 0.194 e. The van der Waals surface area contributed by atoms with E-state index in [-0.39, 0.29) is 11.5 Å². The molecule has 1 aliphatic rings. The monoisotopic (exact) mass is 257 g/mol. The molecule has 4 heteroatoms. The Bertz CT molecular complexity index is 412. The number of hydrogen-bond donors (Lipinski definition) is 1. The first kappa shape index (κ1) is 13.4. The summed E-state index contributed by atoms with van der Waals surface area (Å²) in [6.07, 6.45) is 6.35. The minimum atomic E-state index is -1.42. The average molecular weight is 257 g/mol. The van der Waals surface area contributed by atoms with Gasteiger partial charge in [0.1, 0.15) is 0 Å². The van der Waals surface area contributed by atoms with E-state index in [1.54, 1.807) is 0 Å². The fourth-order valence-corrected chi connectivity index (χ4v) is 2.72. The molecule has 0 amide bonds. The highest BCUT2D eigenvalue weighted by molar-refractivity contribution is 5.24. The van der Waals surface area contributed by atoms with Crippen molar-refractivity contribution in [1.82, 2.24) is 0 Å². The third kappa shape index (κ3) is 2.69. The summed E-state index contributed by atoms with van der Waals surface area (Å²) in [5.74, 6) is -3.56. The van der Waals surface area contributed by atoms with Gasteiger partial charge in [0.25, 0.3) is 0 Å². The van der Waals surface area contributed by atoms with E-state index in [9.17, 15) is 13.2 Å². The summed E-state index contributed by atoms with van der Waals surface area (Å²) < 4.78 is 39.7. The van der Waals surface area contributed by atoms with Crippen molar-refractivity contribution in [3.05, 3.63) is 35.1 Å². The number of benzene rings is 1. The Morgan fingerprint density at radius 3 is 2.17 bits per heavy atom. The fourth-order valence-electron chi connectivity index (χ4n) is 2.72. The van der Waals surface area contributed by atoms with E-state index in [0.29, 0.717) is 0 Å². The number of nitrogens with two attached hydrogens (primary N) is 1. The van der Waals surface area contributed by atoms with Gasteiger partial charge in [-0.2, -0.15) is 0 Å². The van der Waals surface area contributed by atoms with Crippen LogP contribution in [0.5, 0.6) is 0 Å². The molecule has 2 rings (SSSR count). The van der Waals surface area contributed by atoms with E-state index in [4.69, 9.17) is 5.73 Å². The first-order chi connectivity index (χ1) is 8.61. The highest BCUT2D eigenvalue weighted by Gasteiger charge is 2.25. The molecule has 1 aromatic rings. The first-order valence-corrected chi connectivity index (χ1v) is 6.50.